The van der Waals surface area contributed by atoms with Gasteiger partial charge in [-0.15, -0.1) is 10.2 Å². The van der Waals surface area contributed by atoms with E-state index in [1.54, 1.807) is 12.1 Å². The van der Waals surface area contributed by atoms with Crippen LogP contribution < -0.4 is 5.32 Å². The summed E-state index contributed by atoms with van der Waals surface area (Å²) in [6.45, 7) is 1.96. The van der Waals surface area contributed by atoms with E-state index in [1.807, 2.05) is 19.1 Å². The van der Waals surface area contributed by atoms with Crippen molar-refractivity contribution in [1.82, 2.24) is 14.5 Å². The molecule has 1 aliphatic heterocycles. The number of anilines is 1. The van der Waals surface area contributed by atoms with Crippen molar-refractivity contribution in [3.8, 4) is 0 Å². The number of aryl methyl sites for hydroxylation is 1. The zero-order valence-electron chi connectivity index (χ0n) is 17.3. The number of amides is 1. The van der Waals surface area contributed by atoms with E-state index in [0.717, 1.165) is 39.4 Å². The van der Waals surface area contributed by atoms with Crippen LogP contribution in [0.15, 0.2) is 53.4 Å². The number of carbonyl (C=O) groups is 1. The third kappa shape index (κ3) is 4.77. The largest absolute Gasteiger partial charge is 0.417 e. The van der Waals surface area contributed by atoms with Crippen LogP contribution in [0.2, 0.25) is 0 Å². The number of rotatable bonds is 5. The lowest BCUT2D eigenvalue weighted by molar-refractivity contribution is -0.139. The molecule has 1 aromatic heterocycles. The highest BCUT2D eigenvalue weighted by atomic mass is 32.2. The Morgan fingerprint density at radius 1 is 1.12 bits per heavy atom. The number of nitrogens with zero attached hydrogens (tertiary/aromatic N) is 3. The molecule has 1 aliphatic rings. The molecule has 1 saturated heterocycles. The lowest BCUT2D eigenvalue weighted by Crippen LogP contribution is -2.32. The van der Waals surface area contributed by atoms with Crippen molar-refractivity contribution < 1.29 is 26.4 Å². The Bertz CT molecular complexity index is 1270. The van der Waals surface area contributed by atoms with Gasteiger partial charge in [0.05, 0.1) is 16.5 Å². The average Bonchev–Trinajstić information content (AvgIpc) is 3.44. The number of sulfonamides is 1. The molecule has 3 aromatic rings. The number of aromatic nitrogens is 2. The number of carbonyl (C=O) groups excluding carboxylic acids is 1. The first kappa shape index (κ1) is 23.3. The van der Waals surface area contributed by atoms with Crippen LogP contribution in [0.1, 0.15) is 44.8 Å². The lowest BCUT2D eigenvalue weighted by atomic mass is 10.2. The fourth-order valence-corrected chi connectivity index (χ4v) is 6.44. The molecule has 4 rings (SSSR count). The van der Waals surface area contributed by atoms with Crippen LogP contribution in [0.4, 0.5) is 18.9 Å². The Morgan fingerprint density at radius 3 is 2.52 bits per heavy atom. The first-order valence-electron chi connectivity index (χ1n) is 9.97. The molecule has 0 spiro atoms. The van der Waals surface area contributed by atoms with Crippen LogP contribution >= 0.6 is 11.3 Å². The fraction of sp³-hybridized carbons (Fsp3) is 0.286. The zero-order valence-corrected chi connectivity index (χ0v) is 19.0. The maximum absolute atomic E-state index is 13.4. The van der Waals surface area contributed by atoms with Gasteiger partial charge < -0.3 is 5.32 Å². The molecule has 33 heavy (non-hydrogen) atoms. The number of benzene rings is 2. The third-order valence-electron chi connectivity index (χ3n) is 5.21. The van der Waals surface area contributed by atoms with Gasteiger partial charge >= 0.3 is 6.18 Å². The number of alkyl halides is 3. The monoisotopic (exact) mass is 496 g/mol. The SMILES string of the molecule is Cc1ccc(NC(=O)c2nnc(C3CCCN3S(=O)(=O)c3ccccc3C(F)(F)F)s2)cc1. The summed E-state index contributed by atoms with van der Waals surface area (Å²) in [5, 5.41) is 10.8. The van der Waals surface area contributed by atoms with Gasteiger partial charge in [-0.2, -0.15) is 17.5 Å². The van der Waals surface area contributed by atoms with Gasteiger partial charge in [-0.05, 0) is 44.0 Å². The molecule has 0 aliphatic carbocycles. The average molecular weight is 497 g/mol. The molecule has 2 heterocycles. The second-order valence-corrected chi connectivity index (χ2v) is 10.4. The molecular weight excluding hydrogens is 477 g/mol. The van der Waals surface area contributed by atoms with Crippen LogP contribution in [0.3, 0.4) is 0 Å². The maximum Gasteiger partial charge on any atom is 0.417 e. The Morgan fingerprint density at radius 2 is 1.82 bits per heavy atom. The summed E-state index contributed by atoms with van der Waals surface area (Å²) in [5.74, 6) is -0.502. The molecule has 1 atom stereocenters. The molecule has 1 unspecified atom stereocenters. The van der Waals surface area contributed by atoms with Gasteiger partial charge in [0, 0.05) is 12.2 Å². The van der Waals surface area contributed by atoms with E-state index < -0.39 is 38.6 Å². The molecule has 7 nitrogen and oxygen atoms in total. The van der Waals surface area contributed by atoms with Crippen molar-refractivity contribution in [2.75, 3.05) is 11.9 Å². The Balaban J connectivity index is 1.59. The smallest absolute Gasteiger partial charge is 0.320 e. The predicted octanol–water partition coefficient (Wildman–Crippen LogP) is 4.64. The van der Waals surface area contributed by atoms with Gasteiger partial charge in [0.2, 0.25) is 15.0 Å². The lowest BCUT2D eigenvalue weighted by Gasteiger charge is -2.24. The highest BCUT2D eigenvalue weighted by Crippen LogP contribution is 2.41. The minimum Gasteiger partial charge on any atom is -0.320 e. The van der Waals surface area contributed by atoms with E-state index in [1.165, 1.54) is 6.07 Å². The van der Waals surface area contributed by atoms with Gasteiger partial charge in [0.25, 0.3) is 5.91 Å². The summed E-state index contributed by atoms with van der Waals surface area (Å²) < 4.78 is 67.7. The van der Waals surface area contributed by atoms with Crippen LogP contribution in [0.5, 0.6) is 0 Å². The van der Waals surface area contributed by atoms with Crippen molar-refractivity contribution in [1.29, 1.82) is 0 Å². The van der Waals surface area contributed by atoms with E-state index in [0.29, 0.717) is 18.5 Å². The number of hydrogen-bond donors (Lipinski definition) is 1. The van der Waals surface area contributed by atoms with E-state index in [-0.39, 0.29) is 16.6 Å². The Labute approximate surface area is 192 Å². The van der Waals surface area contributed by atoms with Crippen molar-refractivity contribution in [2.45, 2.75) is 36.9 Å². The second-order valence-electron chi connectivity index (χ2n) is 7.53. The minimum absolute atomic E-state index is 0.0329. The number of hydrogen-bond acceptors (Lipinski definition) is 6. The standard InChI is InChI=1S/C21H19F3N4O3S2/c1-13-8-10-14(11-9-13)25-18(29)20-27-26-19(32-20)16-6-4-12-28(16)33(30,31)17-7-3-2-5-15(17)21(22,23)24/h2-3,5,7-11,16H,4,6,12H2,1H3,(H,25,29). The molecule has 0 saturated carbocycles. The predicted molar refractivity (Wildman–Crippen MR) is 116 cm³/mol. The molecule has 2 aromatic carbocycles. The fourth-order valence-electron chi connectivity index (χ4n) is 3.61. The van der Waals surface area contributed by atoms with Gasteiger partial charge in [-0.1, -0.05) is 41.2 Å². The highest BCUT2D eigenvalue weighted by molar-refractivity contribution is 7.89. The molecule has 0 bridgehead atoms. The molecule has 174 valence electrons. The van der Waals surface area contributed by atoms with E-state index in [2.05, 4.69) is 15.5 Å². The Hall–Kier alpha value is -2.83. The van der Waals surface area contributed by atoms with Crippen molar-refractivity contribution in [3.63, 3.8) is 0 Å². The van der Waals surface area contributed by atoms with Crippen LogP contribution in [0, 0.1) is 6.92 Å². The van der Waals surface area contributed by atoms with E-state index in [4.69, 9.17) is 0 Å². The number of halogens is 3. The number of nitrogens with one attached hydrogen (secondary N) is 1. The van der Waals surface area contributed by atoms with Gasteiger partial charge in [-0.25, -0.2) is 8.42 Å². The zero-order chi connectivity index (χ0) is 23.8. The molecule has 1 N–H and O–H groups in total. The topological polar surface area (TPSA) is 92.3 Å². The molecule has 0 radical (unpaired) electrons. The van der Waals surface area contributed by atoms with Crippen molar-refractivity contribution in [2.24, 2.45) is 0 Å². The minimum atomic E-state index is -4.82. The molecular formula is C21H19F3N4O3S2. The normalized spacial score (nSPS) is 17.3. The first-order chi connectivity index (χ1) is 15.6. The third-order valence-corrected chi connectivity index (χ3v) is 8.20. The maximum atomic E-state index is 13.4. The summed E-state index contributed by atoms with van der Waals surface area (Å²) in [6, 6.07) is 10.4. The highest BCUT2D eigenvalue weighted by Gasteiger charge is 2.43. The summed E-state index contributed by atoms with van der Waals surface area (Å²) >= 11 is 0.923. The van der Waals surface area contributed by atoms with Gasteiger partial charge in [0.15, 0.2) is 0 Å². The van der Waals surface area contributed by atoms with E-state index in [9.17, 15) is 26.4 Å². The van der Waals surface area contributed by atoms with Crippen LogP contribution in [0.25, 0.3) is 0 Å². The van der Waals surface area contributed by atoms with E-state index >= 15 is 0 Å². The van der Waals surface area contributed by atoms with Crippen LogP contribution in [-0.2, 0) is 16.2 Å². The van der Waals surface area contributed by atoms with Gasteiger partial charge in [0.1, 0.15) is 5.01 Å². The summed E-state index contributed by atoms with van der Waals surface area (Å²) in [7, 11) is -4.46. The molecule has 1 amide bonds. The van der Waals surface area contributed by atoms with Crippen LogP contribution in [-0.4, -0.2) is 35.4 Å². The molecule has 12 heteroatoms. The first-order valence-corrected chi connectivity index (χ1v) is 12.2. The van der Waals surface area contributed by atoms with Crippen molar-refractivity contribution in [3.05, 3.63) is 69.7 Å². The summed E-state index contributed by atoms with van der Waals surface area (Å²) in [4.78, 5) is 11.7. The summed E-state index contributed by atoms with van der Waals surface area (Å²) in [5.41, 5.74) is 0.378. The van der Waals surface area contributed by atoms with Gasteiger partial charge in [-0.3, -0.25) is 4.79 Å². The quantitative estimate of drug-likeness (QED) is 0.556. The second kappa shape index (κ2) is 8.84. The Kier molecular flexibility index (Phi) is 6.25. The molecule has 1 fully saturated rings. The van der Waals surface area contributed by atoms with Crippen molar-refractivity contribution >= 4 is 33.0 Å². The summed E-state index contributed by atoms with van der Waals surface area (Å²) in [6.07, 6.45) is -4.01.